The van der Waals surface area contributed by atoms with Gasteiger partial charge in [-0.05, 0) is 38.4 Å². The number of carbonyl (C=O) groups is 2. The molecule has 7 heteroatoms. The van der Waals surface area contributed by atoms with Crippen LogP contribution >= 0.6 is 11.3 Å². The van der Waals surface area contributed by atoms with Gasteiger partial charge in [0.2, 0.25) is 6.41 Å². The number of hydrogen-bond acceptors (Lipinski definition) is 4. The lowest BCUT2D eigenvalue weighted by molar-refractivity contribution is -0.110. The Morgan fingerprint density at radius 3 is 2.75 bits per heavy atom. The second-order valence-corrected chi connectivity index (χ2v) is 7.64. The summed E-state index contributed by atoms with van der Waals surface area (Å²) in [7, 11) is 2.08. The molecule has 1 atom stereocenters. The summed E-state index contributed by atoms with van der Waals surface area (Å²) in [6.07, 6.45) is 1.71. The van der Waals surface area contributed by atoms with Crippen molar-refractivity contribution >= 4 is 23.8 Å². The van der Waals surface area contributed by atoms with E-state index in [2.05, 4.69) is 17.3 Å². The van der Waals surface area contributed by atoms with Crippen molar-refractivity contribution in [2.24, 2.45) is 0 Å². The second kappa shape index (κ2) is 7.11. The van der Waals surface area contributed by atoms with Gasteiger partial charge < -0.3 is 15.1 Å². The average Bonchev–Trinajstić information content (AvgIpc) is 2.94. The highest BCUT2D eigenvalue weighted by molar-refractivity contribution is 7.12. The zero-order chi connectivity index (χ0) is 17.3. The maximum Gasteiger partial charge on any atom is 0.320 e. The quantitative estimate of drug-likeness (QED) is 0.843. The molecule has 1 unspecified atom stereocenters. The van der Waals surface area contributed by atoms with Gasteiger partial charge in [0, 0.05) is 49.0 Å². The van der Waals surface area contributed by atoms with E-state index >= 15 is 0 Å². The molecule has 0 fully saturated rings. The Morgan fingerprint density at radius 2 is 2.08 bits per heavy atom. The molecule has 2 aliphatic rings. The number of urea groups is 1. The van der Waals surface area contributed by atoms with Crippen LogP contribution in [0.3, 0.4) is 0 Å². The summed E-state index contributed by atoms with van der Waals surface area (Å²) in [4.78, 5) is 32.4. The van der Waals surface area contributed by atoms with E-state index in [0.717, 1.165) is 45.6 Å². The third-order valence-corrected chi connectivity index (χ3v) is 6.45. The number of hydrogen-bond donors (Lipinski definition) is 1. The van der Waals surface area contributed by atoms with E-state index in [-0.39, 0.29) is 12.1 Å². The van der Waals surface area contributed by atoms with Crippen LogP contribution in [0.2, 0.25) is 0 Å². The van der Waals surface area contributed by atoms with E-state index in [4.69, 9.17) is 0 Å². The van der Waals surface area contributed by atoms with Crippen LogP contribution in [-0.2, 0) is 24.3 Å². The van der Waals surface area contributed by atoms with Crippen molar-refractivity contribution < 1.29 is 9.59 Å². The highest BCUT2D eigenvalue weighted by Gasteiger charge is 2.33. The minimum absolute atomic E-state index is 0.0683. The maximum atomic E-state index is 12.7. The normalized spacial score (nSPS) is 20.3. The third kappa shape index (κ3) is 3.02. The van der Waals surface area contributed by atoms with Crippen LogP contribution in [0.4, 0.5) is 4.79 Å². The SMILES string of the molecule is CCN(CC)C(=O)N1CCc2sc3c(c2C1)CN(C)CC3NC=O. The molecule has 2 aliphatic heterocycles. The number of nitrogens with zero attached hydrogens (tertiary/aromatic N) is 3. The van der Waals surface area contributed by atoms with Gasteiger partial charge in [-0.1, -0.05) is 0 Å². The highest BCUT2D eigenvalue weighted by Crippen LogP contribution is 2.40. The lowest BCUT2D eigenvalue weighted by Gasteiger charge is -2.34. The standard InChI is InChI=1S/C17H26N4O2S/c1-4-20(5-2)17(23)21-7-6-15-12(9-21)13-8-19(3)10-14(18-11-22)16(13)24-15/h11,14H,4-10H2,1-3H3,(H,18,22). The zero-order valence-corrected chi connectivity index (χ0v) is 15.5. The summed E-state index contributed by atoms with van der Waals surface area (Å²) in [6, 6.07) is 0.205. The molecule has 3 heterocycles. The van der Waals surface area contributed by atoms with E-state index in [1.165, 1.54) is 20.9 Å². The predicted octanol–water partition coefficient (Wildman–Crippen LogP) is 1.80. The largest absolute Gasteiger partial charge is 0.350 e. The van der Waals surface area contributed by atoms with Gasteiger partial charge in [-0.3, -0.25) is 9.69 Å². The van der Waals surface area contributed by atoms with Crippen molar-refractivity contribution in [3.05, 3.63) is 20.9 Å². The lowest BCUT2D eigenvalue weighted by atomic mass is 9.97. The van der Waals surface area contributed by atoms with Crippen LogP contribution in [0.15, 0.2) is 0 Å². The summed E-state index contributed by atoms with van der Waals surface area (Å²) >= 11 is 1.82. The van der Waals surface area contributed by atoms with E-state index in [1.54, 1.807) is 0 Å². The first-order valence-corrected chi connectivity index (χ1v) is 9.46. The van der Waals surface area contributed by atoms with Crippen molar-refractivity contribution in [3.63, 3.8) is 0 Å². The molecule has 0 spiro atoms. The monoisotopic (exact) mass is 350 g/mol. The van der Waals surface area contributed by atoms with Gasteiger partial charge in [-0.2, -0.15) is 0 Å². The maximum absolute atomic E-state index is 12.7. The van der Waals surface area contributed by atoms with E-state index in [9.17, 15) is 9.59 Å². The number of carbonyl (C=O) groups excluding carboxylic acids is 2. The van der Waals surface area contributed by atoms with Crippen molar-refractivity contribution in [3.8, 4) is 0 Å². The van der Waals surface area contributed by atoms with Gasteiger partial charge in [0.15, 0.2) is 0 Å². The predicted molar refractivity (Wildman–Crippen MR) is 95.0 cm³/mol. The van der Waals surface area contributed by atoms with Crippen LogP contribution < -0.4 is 5.32 Å². The van der Waals surface area contributed by atoms with Crippen LogP contribution in [0.1, 0.15) is 40.8 Å². The molecule has 1 N–H and O–H groups in total. The molecule has 3 amide bonds. The summed E-state index contributed by atoms with van der Waals surface area (Å²) in [5.74, 6) is 0. The Bertz CT molecular complexity index is 626. The van der Waals surface area contributed by atoms with Gasteiger partial charge in [0.05, 0.1) is 6.04 Å². The molecule has 1 aromatic rings. The average molecular weight is 350 g/mol. The van der Waals surface area contributed by atoms with Crippen LogP contribution in [0.5, 0.6) is 0 Å². The first-order chi connectivity index (χ1) is 11.6. The van der Waals surface area contributed by atoms with Crippen LogP contribution in [-0.4, -0.2) is 60.4 Å². The molecule has 0 saturated heterocycles. The molecular weight excluding hydrogens is 324 g/mol. The second-order valence-electron chi connectivity index (χ2n) is 6.51. The molecule has 1 aromatic heterocycles. The minimum Gasteiger partial charge on any atom is -0.350 e. The van der Waals surface area contributed by atoms with Crippen molar-refractivity contribution in [2.75, 3.05) is 33.2 Å². The first-order valence-electron chi connectivity index (χ1n) is 8.64. The van der Waals surface area contributed by atoms with Crippen LogP contribution in [0.25, 0.3) is 0 Å². The van der Waals surface area contributed by atoms with Crippen molar-refractivity contribution in [1.82, 2.24) is 20.0 Å². The molecule has 6 nitrogen and oxygen atoms in total. The van der Waals surface area contributed by atoms with E-state index < -0.39 is 0 Å². The number of fused-ring (bicyclic) bond motifs is 3. The topological polar surface area (TPSA) is 55.9 Å². The highest BCUT2D eigenvalue weighted by atomic mass is 32.1. The summed E-state index contributed by atoms with van der Waals surface area (Å²) in [5.41, 5.74) is 2.63. The molecule has 132 valence electrons. The van der Waals surface area contributed by atoms with Gasteiger partial charge in [0.1, 0.15) is 0 Å². The molecule has 0 radical (unpaired) electrons. The summed E-state index contributed by atoms with van der Waals surface area (Å²) < 4.78 is 0. The Labute approximate surface area is 147 Å². The van der Waals surface area contributed by atoms with Crippen molar-refractivity contribution in [2.45, 2.75) is 39.4 Å². The zero-order valence-electron chi connectivity index (χ0n) is 14.7. The molecule has 24 heavy (non-hydrogen) atoms. The van der Waals surface area contributed by atoms with Gasteiger partial charge >= 0.3 is 6.03 Å². The third-order valence-electron chi connectivity index (χ3n) is 5.00. The molecule has 0 aliphatic carbocycles. The Kier molecular flexibility index (Phi) is 5.10. The van der Waals surface area contributed by atoms with Gasteiger partial charge in [-0.15, -0.1) is 11.3 Å². The molecular formula is C17H26N4O2S. The summed E-state index contributed by atoms with van der Waals surface area (Å²) in [5, 5.41) is 2.95. The Balaban J connectivity index is 1.87. The van der Waals surface area contributed by atoms with E-state index in [1.807, 2.05) is 35.0 Å². The minimum atomic E-state index is 0.0683. The number of rotatable bonds is 4. The molecule has 3 rings (SSSR count). The summed E-state index contributed by atoms with van der Waals surface area (Å²) in [6.45, 7) is 8.74. The van der Waals surface area contributed by atoms with Gasteiger partial charge in [0.25, 0.3) is 0 Å². The number of thiophene rings is 1. The Hall–Kier alpha value is -1.60. The first kappa shape index (κ1) is 17.2. The van der Waals surface area contributed by atoms with Gasteiger partial charge in [-0.25, -0.2) is 4.79 Å². The van der Waals surface area contributed by atoms with Crippen molar-refractivity contribution in [1.29, 1.82) is 0 Å². The molecule has 0 bridgehead atoms. The number of amides is 3. The van der Waals surface area contributed by atoms with E-state index in [0.29, 0.717) is 6.54 Å². The fraction of sp³-hybridized carbons (Fsp3) is 0.647. The van der Waals surface area contributed by atoms with Crippen LogP contribution in [0, 0.1) is 0 Å². The fourth-order valence-electron chi connectivity index (χ4n) is 3.72. The molecule has 0 saturated carbocycles. The number of nitrogens with one attached hydrogen (secondary N) is 1. The number of likely N-dealkylation sites (N-methyl/N-ethyl adjacent to an activating group) is 1. The smallest absolute Gasteiger partial charge is 0.320 e. The molecule has 0 aromatic carbocycles. The lowest BCUT2D eigenvalue weighted by Crippen LogP contribution is -2.45. The fourth-order valence-corrected chi connectivity index (χ4v) is 5.08. The Morgan fingerprint density at radius 1 is 1.33 bits per heavy atom.